The minimum Gasteiger partial charge on any atom is -0.481 e. The molecule has 0 fully saturated rings. The van der Waals surface area contributed by atoms with E-state index in [4.69, 9.17) is 9.84 Å². The van der Waals surface area contributed by atoms with Crippen LogP contribution in [-0.4, -0.2) is 30.7 Å². The van der Waals surface area contributed by atoms with Gasteiger partial charge >= 0.3 is 5.97 Å². The fourth-order valence-electron chi connectivity index (χ4n) is 1.54. The monoisotopic (exact) mass is 251 g/mol. The molecule has 0 aliphatic heterocycles. The zero-order valence-electron chi connectivity index (χ0n) is 10.5. The van der Waals surface area contributed by atoms with Gasteiger partial charge in [-0.2, -0.15) is 0 Å². The molecule has 5 nitrogen and oxygen atoms in total. The van der Waals surface area contributed by atoms with Crippen molar-refractivity contribution in [2.75, 3.05) is 19.0 Å². The van der Waals surface area contributed by atoms with E-state index < -0.39 is 5.97 Å². The maximum absolute atomic E-state index is 11.8. The van der Waals surface area contributed by atoms with Crippen LogP contribution in [-0.2, 0) is 20.7 Å². The van der Waals surface area contributed by atoms with Crippen molar-refractivity contribution in [3.05, 3.63) is 29.8 Å². The molecular weight excluding hydrogens is 234 g/mol. The van der Waals surface area contributed by atoms with E-state index in [0.29, 0.717) is 17.9 Å². The van der Waals surface area contributed by atoms with Crippen molar-refractivity contribution in [2.45, 2.75) is 13.3 Å². The molecule has 5 heteroatoms. The molecule has 0 aliphatic rings. The summed E-state index contributed by atoms with van der Waals surface area (Å²) >= 11 is 0. The number of rotatable bonds is 6. The maximum atomic E-state index is 11.8. The Balaban J connectivity index is 2.77. The molecule has 1 aromatic rings. The van der Waals surface area contributed by atoms with Crippen LogP contribution in [0.15, 0.2) is 24.3 Å². The number of nitrogens with one attached hydrogen (secondary N) is 1. The number of ether oxygens (including phenoxy) is 1. The van der Waals surface area contributed by atoms with Crippen molar-refractivity contribution in [1.29, 1.82) is 0 Å². The molecule has 0 radical (unpaired) electrons. The van der Waals surface area contributed by atoms with Gasteiger partial charge in [0.2, 0.25) is 5.91 Å². The van der Waals surface area contributed by atoms with E-state index in [1.54, 1.807) is 31.2 Å². The molecule has 1 unspecified atom stereocenters. The Labute approximate surface area is 106 Å². The molecule has 98 valence electrons. The van der Waals surface area contributed by atoms with E-state index in [1.807, 2.05) is 0 Å². The van der Waals surface area contributed by atoms with Gasteiger partial charge in [-0.05, 0) is 11.6 Å². The Morgan fingerprint density at radius 1 is 1.39 bits per heavy atom. The average molecular weight is 251 g/mol. The van der Waals surface area contributed by atoms with Gasteiger partial charge in [0.1, 0.15) is 0 Å². The van der Waals surface area contributed by atoms with E-state index in [9.17, 15) is 9.59 Å². The number of carboxylic acid groups (broad SMARTS) is 1. The number of amides is 1. The van der Waals surface area contributed by atoms with Gasteiger partial charge in [-0.1, -0.05) is 25.1 Å². The SMILES string of the molecule is COCC(C)C(=O)Nc1ccccc1CC(=O)O. The highest BCUT2D eigenvalue weighted by atomic mass is 16.5. The smallest absolute Gasteiger partial charge is 0.307 e. The largest absolute Gasteiger partial charge is 0.481 e. The molecule has 0 bridgehead atoms. The second-order valence-corrected chi connectivity index (χ2v) is 4.07. The fourth-order valence-corrected chi connectivity index (χ4v) is 1.54. The van der Waals surface area contributed by atoms with E-state index >= 15 is 0 Å². The van der Waals surface area contributed by atoms with Gasteiger partial charge in [0.05, 0.1) is 18.9 Å². The molecule has 0 aromatic heterocycles. The number of aliphatic carboxylic acids is 1. The summed E-state index contributed by atoms with van der Waals surface area (Å²) in [7, 11) is 1.53. The Morgan fingerprint density at radius 3 is 2.67 bits per heavy atom. The highest BCUT2D eigenvalue weighted by Crippen LogP contribution is 2.16. The lowest BCUT2D eigenvalue weighted by atomic mass is 10.1. The van der Waals surface area contributed by atoms with Gasteiger partial charge in [-0.15, -0.1) is 0 Å². The van der Waals surface area contributed by atoms with Crippen LogP contribution in [0.3, 0.4) is 0 Å². The van der Waals surface area contributed by atoms with Crippen molar-refractivity contribution in [2.24, 2.45) is 5.92 Å². The minimum atomic E-state index is -0.929. The first kappa shape index (κ1) is 14.2. The maximum Gasteiger partial charge on any atom is 0.307 e. The number of anilines is 1. The first-order valence-electron chi connectivity index (χ1n) is 5.64. The van der Waals surface area contributed by atoms with Crippen LogP contribution in [0.4, 0.5) is 5.69 Å². The highest BCUT2D eigenvalue weighted by molar-refractivity contribution is 5.93. The highest BCUT2D eigenvalue weighted by Gasteiger charge is 2.14. The molecule has 1 atom stereocenters. The number of benzene rings is 1. The number of para-hydroxylation sites is 1. The Bertz CT molecular complexity index is 431. The Kier molecular flexibility index (Phi) is 5.32. The predicted molar refractivity (Wildman–Crippen MR) is 67.5 cm³/mol. The summed E-state index contributed by atoms with van der Waals surface area (Å²) in [5.41, 5.74) is 1.12. The quantitative estimate of drug-likeness (QED) is 0.804. The fraction of sp³-hybridized carbons (Fsp3) is 0.385. The van der Waals surface area contributed by atoms with Crippen LogP contribution < -0.4 is 5.32 Å². The third-order valence-corrected chi connectivity index (χ3v) is 2.48. The first-order chi connectivity index (χ1) is 8.54. The topological polar surface area (TPSA) is 75.6 Å². The molecule has 0 aliphatic carbocycles. The lowest BCUT2D eigenvalue weighted by Gasteiger charge is -2.13. The van der Waals surface area contributed by atoms with E-state index in [0.717, 1.165) is 0 Å². The van der Waals surface area contributed by atoms with E-state index in [-0.39, 0.29) is 18.2 Å². The summed E-state index contributed by atoms with van der Waals surface area (Å²) in [4.78, 5) is 22.5. The zero-order chi connectivity index (χ0) is 13.5. The lowest BCUT2D eigenvalue weighted by molar-refractivity contribution is -0.136. The lowest BCUT2D eigenvalue weighted by Crippen LogP contribution is -2.24. The number of carboxylic acids is 1. The van der Waals surface area contributed by atoms with Crippen LogP contribution >= 0.6 is 0 Å². The summed E-state index contributed by atoms with van der Waals surface area (Å²) in [5.74, 6) is -1.40. The minimum absolute atomic E-state index is 0.116. The number of hydrogen-bond acceptors (Lipinski definition) is 3. The third-order valence-electron chi connectivity index (χ3n) is 2.48. The van der Waals surface area contributed by atoms with Gasteiger partial charge in [-0.25, -0.2) is 0 Å². The van der Waals surface area contributed by atoms with Gasteiger partial charge in [0, 0.05) is 12.8 Å². The molecule has 1 aromatic carbocycles. The Hall–Kier alpha value is -1.88. The molecule has 2 N–H and O–H groups in total. The molecule has 0 saturated heterocycles. The van der Waals surface area contributed by atoms with Crippen LogP contribution in [0.1, 0.15) is 12.5 Å². The molecule has 1 amide bonds. The standard InChI is InChI=1S/C13H17NO4/c1-9(8-18-2)13(17)14-11-6-4-3-5-10(11)7-12(15)16/h3-6,9H,7-8H2,1-2H3,(H,14,17)(H,15,16). The van der Waals surface area contributed by atoms with Crippen molar-refractivity contribution < 1.29 is 19.4 Å². The summed E-state index contributed by atoms with van der Waals surface area (Å²) < 4.78 is 4.90. The predicted octanol–water partition coefficient (Wildman–Crippen LogP) is 1.53. The molecule has 1 rings (SSSR count). The van der Waals surface area contributed by atoms with Crippen molar-refractivity contribution in [3.8, 4) is 0 Å². The van der Waals surface area contributed by atoms with Crippen LogP contribution in [0.5, 0.6) is 0 Å². The van der Waals surface area contributed by atoms with Gasteiger partial charge in [0.15, 0.2) is 0 Å². The normalized spacial score (nSPS) is 11.9. The van der Waals surface area contributed by atoms with Crippen molar-refractivity contribution in [3.63, 3.8) is 0 Å². The number of hydrogen-bond donors (Lipinski definition) is 2. The van der Waals surface area contributed by atoms with Crippen LogP contribution in [0.25, 0.3) is 0 Å². The van der Waals surface area contributed by atoms with Crippen LogP contribution in [0.2, 0.25) is 0 Å². The Morgan fingerprint density at radius 2 is 2.06 bits per heavy atom. The molecule has 0 heterocycles. The number of methoxy groups -OCH3 is 1. The second-order valence-electron chi connectivity index (χ2n) is 4.07. The number of carbonyl (C=O) groups is 2. The summed E-state index contributed by atoms with van der Waals surface area (Å²) in [6.07, 6.45) is -0.116. The van der Waals surface area contributed by atoms with E-state index in [2.05, 4.69) is 5.32 Å². The van der Waals surface area contributed by atoms with Crippen molar-refractivity contribution in [1.82, 2.24) is 0 Å². The van der Waals surface area contributed by atoms with Crippen molar-refractivity contribution >= 4 is 17.6 Å². The zero-order valence-corrected chi connectivity index (χ0v) is 10.5. The van der Waals surface area contributed by atoms with Gasteiger partial charge < -0.3 is 15.2 Å². The van der Waals surface area contributed by atoms with Crippen LogP contribution in [0, 0.1) is 5.92 Å². The van der Waals surface area contributed by atoms with Gasteiger partial charge in [-0.3, -0.25) is 9.59 Å². The third kappa shape index (κ3) is 4.18. The summed E-state index contributed by atoms with van der Waals surface area (Å²) in [6, 6.07) is 6.87. The van der Waals surface area contributed by atoms with Gasteiger partial charge in [0.25, 0.3) is 0 Å². The first-order valence-corrected chi connectivity index (χ1v) is 5.64. The number of carbonyl (C=O) groups excluding carboxylic acids is 1. The average Bonchev–Trinajstić information content (AvgIpc) is 2.31. The van der Waals surface area contributed by atoms with E-state index in [1.165, 1.54) is 7.11 Å². The molecule has 18 heavy (non-hydrogen) atoms. The molecule has 0 spiro atoms. The molecular formula is C13H17NO4. The summed E-state index contributed by atoms with van der Waals surface area (Å²) in [5, 5.41) is 11.5. The molecule has 0 saturated carbocycles. The second kappa shape index (κ2) is 6.76. The summed E-state index contributed by atoms with van der Waals surface area (Å²) in [6.45, 7) is 2.07.